The van der Waals surface area contributed by atoms with Crippen molar-refractivity contribution in [1.29, 1.82) is 0 Å². The van der Waals surface area contributed by atoms with Crippen molar-refractivity contribution >= 4 is 23.4 Å². The highest BCUT2D eigenvalue weighted by Gasteiger charge is 2.31. The molecule has 0 unspecified atom stereocenters. The minimum Gasteiger partial charge on any atom is -0.487 e. The Bertz CT molecular complexity index is 703. The molecule has 128 valence electrons. The number of ether oxygens (including phenoxy) is 1. The maximum absolute atomic E-state index is 12.6. The van der Waals surface area contributed by atoms with Gasteiger partial charge in [0.25, 0.3) is 0 Å². The van der Waals surface area contributed by atoms with Crippen LogP contribution in [0.2, 0.25) is 5.02 Å². The van der Waals surface area contributed by atoms with Crippen molar-refractivity contribution in [1.82, 2.24) is 10.3 Å². The Hall–Kier alpha value is -1.44. The standard InChI is InChI=1S/C16H14ClF3N2OS/c17-13-7-11(16(18,19)20)8-22-14(13)9-23-12-3-1-10(2-4-12)15-21-5-6-24-15/h1-4,7-8,15,21H,5-6,9H2/t15-/m0/s1. The van der Waals surface area contributed by atoms with Gasteiger partial charge in [-0.3, -0.25) is 4.98 Å². The van der Waals surface area contributed by atoms with E-state index in [1.165, 1.54) is 0 Å². The van der Waals surface area contributed by atoms with Crippen LogP contribution in [0, 0.1) is 0 Å². The first-order valence-electron chi connectivity index (χ1n) is 7.23. The Labute approximate surface area is 146 Å². The number of benzene rings is 1. The average molecular weight is 375 g/mol. The van der Waals surface area contributed by atoms with Gasteiger partial charge in [0.05, 0.1) is 21.7 Å². The first kappa shape index (κ1) is 17.4. The molecular formula is C16H14ClF3N2OS. The van der Waals surface area contributed by atoms with E-state index in [4.69, 9.17) is 16.3 Å². The van der Waals surface area contributed by atoms with Crippen molar-refractivity contribution < 1.29 is 17.9 Å². The fraction of sp³-hybridized carbons (Fsp3) is 0.312. The molecule has 2 aromatic rings. The number of nitrogens with zero attached hydrogens (tertiary/aromatic N) is 1. The van der Waals surface area contributed by atoms with Crippen molar-refractivity contribution in [3.05, 3.63) is 58.4 Å². The molecule has 0 radical (unpaired) electrons. The zero-order chi connectivity index (χ0) is 17.2. The number of halogens is 4. The largest absolute Gasteiger partial charge is 0.487 e. The molecule has 3 nitrogen and oxygen atoms in total. The second-order valence-electron chi connectivity index (χ2n) is 5.21. The van der Waals surface area contributed by atoms with E-state index in [-0.39, 0.29) is 17.3 Å². The van der Waals surface area contributed by atoms with Crippen LogP contribution in [0.15, 0.2) is 36.5 Å². The minimum atomic E-state index is -4.46. The number of aromatic nitrogens is 1. The molecule has 1 aromatic carbocycles. The quantitative estimate of drug-likeness (QED) is 0.843. The fourth-order valence-electron chi connectivity index (χ4n) is 2.26. The molecule has 0 spiro atoms. The molecule has 8 heteroatoms. The summed E-state index contributed by atoms with van der Waals surface area (Å²) in [4.78, 5) is 3.75. The number of hydrogen-bond donors (Lipinski definition) is 1. The van der Waals surface area contributed by atoms with Crippen molar-refractivity contribution in [2.24, 2.45) is 0 Å². The predicted molar refractivity (Wildman–Crippen MR) is 88.2 cm³/mol. The summed E-state index contributed by atoms with van der Waals surface area (Å²) in [5.74, 6) is 1.69. The number of hydrogen-bond acceptors (Lipinski definition) is 4. The smallest absolute Gasteiger partial charge is 0.417 e. The van der Waals surface area contributed by atoms with Gasteiger partial charge in [-0.25, -0.2) is 0 Å². The number of thioether (sulfide) groups is 1. The normalized spacial score (nSPS) is 17.9. The van der Waals surface area contributed by atoms with Gasteiger partial charge in [0.15, 0.2) is 0 Å². The summed E-state index contributed by atoms with van der Waals surface area (Å²) in [5, 5.41) is 3.61. The van der Waals surface area contributed by atoms with Crippen LogP contribution in [-0.2, 0) is 12.8 Å². The highest BCUT2D eigenvalue weighted by molar-refractivity contribution is 7.99. The first-order valence-corrected chi connectivity index (χ1v) is 8.65. The van der Waals surface area contributed by atoms with Gasteiger partial charge < -0.3 is 10.1 Å². The van der Waals surface area contributed by atoms with Crippen LogP contribution in [0.5, 0.6) is 5.75 Å². The Morgan fingerprint density at radius 1 is 1.29 bits per heavy atom. The molecule has 0 amide bonds. The summed E-state index contributed by atoms with van der Waals surface area (Å²) in [6.07, 6.45) is -3.70. The van der Waals surface area contributed by atoms with Gasteiger partial charge in [-0.2, -0.15) is 13.2 Å². The zero-order valence-electron chi connectivity index (χ0n) is 12.4. The third-order valence-electron chi connectivity index (χ3n) is 3.52. The van der Waals surface area contributed by atoms with Gasteiger partial charge in [-0.1, -0.05) is 23.7 Å². The number of pyridine rings is 1. The van der Waals surface area contributed by atoms with Gasteiger partial charge in [0.1, 0.15) is 12.4 Å². The van der Waals surface area contributed by atoms with Crippen molar-refractivity contribution in [3.63, 3.8) is 0 Å². The highest BCUT2D eigenvalue weighted by Crippen LogP contribution is 2.32. The summed E-state index contributed by atoms with van der Waals surface area (Å²) < 4.78 is 43.3. The fourth-order valence-corrected chi connectivity index (χ4v) is 3.54. The molecule has 1 atom stereocenters. The van der Waals surface area contributed by atoms with E-state index in [1.807, 2.05) is 36.0 Å². The molecule has 1 saturated heterocycles. The molecule has 1 fully saturated rings. The number of rotatable bonds is 4. The third kappa shape index (κ3) is 4.15. The van der Waals surface area contributed by atoms with Crippen LogP contribution in [0.4, 0.5) is 13.2 Å². The Balaban J connectivity index is 1.63. The van der Waals surface area contributed by atoms with Crippen LogP contribution in [0.1, 0.15) is 22.2 Å². The minimum absolute atomic E-state index is 0.00669. The van der Waals surface area contributed by atoms with E-state index < -0.39 is 11.7 Å². The number of alkyl halides is 3. The van der Waals surface area contributed by atoms with E-state index >= 15 is 0 Å². The average Bonchev–Trinajstić information content (AvgIpc) is 3.08. The summed E-state index contributed by atoms with van der Waals surface area (Å²) in [6.45, 7) is 0.998. The van der Waals surface area contributed by atoms with E-state index in [0.29, 0.717) is 11.1 Å². The van der Waals surface area contributed by atoms with Gasteiger partial charge in [0.2, 0.25) is 0 Å². The van der Waals surface area contributed by atoms with Crippen LogP contribution in [0.3, 0.4) is 0 Å². The summed E-state index contributed by atoms with van der Waals surface area (Å²) in [5.41, 5.74) is 0.555. The van der Waals surface area contributed by atoms with Crippen LogP contribution in [-0.4, -0.2) is 17.3 Å². The lowest BCUT2D eigenvalue weighted by atomic mass is 10.2. The molecule has 0 aliphatic carbocycles. The summed E-state index contributed by atoms with van der Waals surface area (Å²) >= 11 is 7.70. The van der Waals surface area contributed by atoms with Crippen LogP contribution in [0.25, 0.3) is 0 Å². The maximum Gasteiger partial charge on any atom is 0.417 e. The Morgan fingerprint density at radius 3 is 2.62 bits per heavy atom. The van der Waals surface area contributed by atoms with E-state index in [1.54, 1.807) is 0 Å². The van der Waals surface area contributed by atoms with Crippen molar-refractivity contribution in [3.8, 4) is 5.75 Å². The molecule has 3 rings (SSSR count). The molecule has 0 saturated carbocycles. The highest BCUT2D eigenvalue weighted by atomic mass is 35.5. The van der Waals surface area contributed by atoms with Gasteiger partial charge in [0, 0.05) is 18.5 Å². The zero-order valence-corrected chi connectivity index (χ0v) is 14.0. The Morgan fingerprint density at radius 2 is 2.04 bits per heavy atom. The molecule has 24 heavy (non-hydrogen) atoms. The molecule has 2 heterocycles. The van der Waals surface area contributed by atoms with Crippen LogP contribution >= 0.6 is 23.4 Å². The number of nitrogens with one attached hydrogen (secondary N) is 1. The lowest BCUT2D eigenvalue weighted by Crippen LogP contribution is -2.11. The van der Waals surface area contributed by atoms with Crippen molar-refractivity contribution in [2.75, 3.05) is 12.3 Å². The lowest BCUT2D eigenvalue weighted by Gasteiger charge is -2.12. The van der Waals surface area contributed by atoms with Crippen molar-refractivity contribution in [2.45, 2.75) is 18.2 Å². The molecule has 1 aromatic heterocycles. The molecule has 0 bridgehead atoms. The van der Waals surface area contributed by atoms with E-state index in [0.717, 1.165) is 30.1 Å². The first-order chi connectivity index (χ1) is 11.4. The molecular weight excluding hydrogens is 361 g/mol. The van der Waals surface area contributed by atoms with Crippen LogP contribution < -0.4 is 10.1 Å². The topological polar surface area (TPSA) is 34.1 Å². The van der Waals surface area contributed by atoms with E-state index in [9.17, 15) is 13.2 Å². The Kier molecular flexibility index (Phi) is 5.22. The molecule has 1 aliphatic heterocycles. The second kappa shape index (κ2) is 7.21. The maximum atomic E-state index is 12.6. The molecule has 1 aliphatic rings. The summed E-state index contributed by atoms with van der Waals surface area (Å²) in [6, 6.07) is 8.45. The van der Waals surface area contributed by atoms with Gasteiger partial charge in [-0.15, -0.1) is 11.8 Å². The summed E-state index contributed by atoms with van der Waals surface area (Å²) in [7, 11) is 0. The SMILES string of the molecule is FC(F)(F)c1cnc(COc2ccc([C@H]3NCCS3)cc2)c(Cl)c1. The van der Waals surface area contributed by atoms with E-state index in [2.05, 4.69) is 10.3 Å². The van der Waals surface area contributed by atoms with Gasteiger partial charge in [-0.05, 0) is 23.8 Å². The predicted octanol–water partition coefficient (Wildman–Crippen LogP) is 4.67. The third-order valence-corrected chi connectivity index (χ3v) is 5.06. The monoisotopic (exact) mass is 374 g/mol. The van der Waals surface area contributed by atoms with Gasteiger partial charge >= 0.3 is 6.18 Å². The molecule has 1 N–H and O–H groups in total. The second-order valence-corrected chi connectivity index (χ2v) is 6.83. The lowest BCUT2D eigenvalue weighted by molar-refractivity contribution is -0.137.